The van der Waals surface area contributed by atoms with Crippen molar-refractivity contribution in [3.63, 3.8) is 0 Å². The first-order valence-electron chi connectivity index (χ1n) is 12.5. The molecule has 3 aromatic rings. The number of benzene rings is 3. The quantitative estimate of drug-likeness (QED) is 0.364. The maximum absolute atomic E-state index is 11.9. The van der Waals surface area contributed by atoms with Crippen LogP contribution in [0.4, 0.5) is 0 Å². The van der Waals surface area contributed by atoms with Gasteiger partial charge in [0.1, 0.15) is 17.8 Å². The van der Waals surface area contributed by atoms with Crippen LogP contribution >= 0.6 is 0 Å². The number of rotatable bonds is 8. The van der Waals surface area contributed by atoms with Gasteiger partial charge in [0.05, 0.1) is 6.61 Å². The summed E-state index contributed by atoms with van der Waals surface area (Å²) in [5, 5.41) is 11.4. The summed E-state index contributed by atoms with van der Waals surface area (Å²) in [7, 11) is 0. The van der Waals surface area contributed by atoms with Gasteiger partial charge >= 0.3 is 5.97 Å². The molecule has 0 unspecified atom stereocenters. The molecule has 0 saturated carbocycles. The molecule has 0 radical (unpaired) electrons. The average molecular weight is 505 g/mol. The van der Waals surface area contributed by atoms with Gasteiger partial charge in [-0.3, -0.25) is 4.79 Å². The van der Waals surface area contributed by atoms with E-state index in [4.69, 9.17) is 23.7 Å². The number of carbonyl (C=O) groups is 1. The number of aliphatic hydroxyl groups is 1. The van der Waals surface area contributed by atoms with Crippen LogP contribution in [-0.2, 0) is 34.1 Å². The van der Waals surface area contributed by atoms with E-state index in [1.54, 1.807) is 13.8 Å². The van der Waals surface area contributed by atoms with E-state index >= 15 is 0 Å². The minimum atomic E-state index is -1.14. The van der Waals surface area contributed by atoms with Crippen LogP contribution in [0.25, 0.3) is 0 Å². The summed E-state index contributed by atoms with van der Waals surface area (Å²) >= 11 is 0. The number of ether oxygens (including phenoxy) is 5. The largest absolute Gasteiger partial charge is 0.457 e. The molecule has 7 heteroatoms. The maximum atomic E-state index is 11.9. The first kappa shape index (κ1) is 25.6. The summed E-state index contributed by atoms with van der Waals surface area (Å²) in [6.07, 6.45) is -4.29. The Kier molecular flexibility index (Phi) is 7.16. The van der Waals surface area contributed by atoms with Gasteiger partial charge in [-0.1, -0.05) is 91.0 Å². The SMILES string of the molecule is CC(=O)O[C@H]1[C@H]([C@H](O)COC(c2ccccc2)(c2ccccc2)c2ccccc2)O[C@@H]2OC(C)(C)O[C@@H]21. The predicted octanol–water partition coefficient (Wildman–Crippen LogP) is 4.16. The Hall–Kier alpha value is -3.07. The second-order valence-electron chi connectivity index (χ2n) is 9.80. The molecule has 194 valence electrons. The third-order valence-electron chi connectivity index (χ3n) is 6.72. The summed E-state index contributed by atoms with van der Waals surface area (Å²) in [6, 6.07) is 29.7. The molecule has 2 aliphatic heterocycles. The van der Waals surface area contributed by atoms with Crippen LogP contribution < -0.4 is 0 Å². The molecule has 2 heterocycles. The summed E-state index contributed by atoms with van der Waals surface area (Å²) in [5.74, 6) is -1.38. The fraction of sp³-hybridized carbons (Fsp3) is 0.367. The molecule has 2 fully saturated rings. The highest BCUT2D eigenvalue weighted by molar-refractivity contribution is 5.66. The van der Waals surface area contributed by atoms with Gasteiger partial charge < -0.3 is 28.8 Å². The lowest BCUT2D eigenvalue weighted by atomic mass is 9.80. The number of esters is 1. The Morgan fingerprint density at radius 3 is 1.84 bits per heavy atom. The second-order valence-corrected chi connectivity index (χ2v) is 9.80. The third-order valence-corrected chi connectivity index (χ3v) is 6.72. The summed E-state index contributed by atoms with van der Waals surface area (Å²) in [6.45, 7) is 4.74. The molecule has 3 aromatic carbocycles. The molecule has 2 saturated heterocycles. The van der Waals surface area contributed by atoms with Crippen molar-refractivity contribution in [1.82, 2.24) is 0 Å². The van der Waals surface area contributed by atoms with E-state index in [0.717, 1.165) is 16.7 Å². The van der Waals surface area contributed by atoms with E-state index in [9.17, 15) is 9.90 Å². The highest BCUT2D eigenvalue weighted by Gasteiger charge is 2.58. The molecule has 0 aromatic heterocycles. The van der Waals surface area contributed by atoms with Crippen molar-refractivity contribution in [2.24, 2.45) is 0 Å². The molecule has 0 bridgehead atoms. The molecule has 2 aliphatic rings. The van der Waals surface area contributed by atoms with Crippen molar-refractivity contribution >= 4 is 5.97 Å². The standard InChI is InChI=1S/C30H32O7/c1-20(31)34-26-25(35-28-27(26)36-29(2,3)37-28)24(32)19-33-30(21-13-7-4-8-14-21,22-15-9-5-10-16-22)23-17-11-6-12-18-23/h4-18,24-28,32H,19H2,1-3H3/t24-,25+,26+,27-,28-/m1/s1. The van der Waals surface area contributed by atoms with Crippen molar-refractivity contribution in [1.29, 1.82) is 0 Å². The van der Waals surface area contributed by atoms with Gasteiger partial charge in [-0.2, -0.15) is 0 Å². The van der Waals surface area contributed by atoms with Crippen LogP contribution in [0.15, 0.2) is 91.0 Å². The van der Waals surface area contributed by atoms with Crippen LogP contribution in [0.5, 0.6) is 0 Å². The Morgan fingerprint density at radius 2 is 1.38 bits per heavy atom. The molecule has 37 heavy (non-hydrogen) atoms. The van der Waals surface area contributed by atoms with E-state index in [1.807, 2.05) is 91.0 Å². The normalized spacial score (nSPS) is 25.4. The fourth-order valence-corrected chi connectivity index (χ4v) is 5.21. The highest BCUT2D eigenvalue weighted by Crippen LogP contribution is 2.42. The Morgan fingerprint density at radius 1 is 0.892 bits per heavy atom. The number of aliphatic hydroxyl groups excluding tert-OH is 1. The van der Waals surface area contributed by atoms with Crippen molar-refractivity contribution in [2.75, 3.05) is 6.61 Å². The van der Waals surface area contributed by atoms with E-state index in [-0.39, 0.29) is 6.61 Å². The Labute approximate surface area is 216 Å². The lowest BCUT2D eigenvalue weighted by molar-refractivity contribution is -0.233. The smallest absolute Gasteiger partial charge is 0.303 e. The zero-order valence-corrected chi connectivity index (χ0v) is 21.2. The lowest BCUT2D eigenvalue weighted by Gasteiger charge is -2.37. The fourth-order valence-electron chi connectivity index (χ4n) is 5.21. The highest BCUT2D eigenvalue weighted by atomic mass is 16.8. The molecule has 0 aliphatic carbocycles. The van der Waals surface area contributed by atoms with Crippen LogP contribution in [0.1, 0.15) is 37.5 Å². The van der Waals surface area contributed by atoms with Crippen molar-refractivity contribution < 1.29 is 33.6 Å². The van der Waals surface area contributed by atoms with Crippen LogP contribution in [0.3, 0.4) is 0 Å². The number of carbonyl (C=O) groups excluding carboxylic acids is 1. The van der Waals surface area contributed by atoms with Crippen LogP contribution in [-0.4, -0.2) is 54.2 Å². The monoisotopic (exact) mass is 504 g/mol. The molecular weight excluding hydrogens is 472 g/mol. The molecular formula is C30H32O7. The van der Waals surface area contributed by atoms with Crippen LogP contribution in [0.2, 0.25) is 0 Å². The van der Waals surface area contributed by atoms with Gasteiger partial charge in [0.15, 0.2) is 24.3 Å². The number of hydrogen-bond donors (Lipinski definition) is 1. The van der Waals surface area contributed by atoms with E-state index in [1.165, 1.54) is 6.92 Å². The van der Waals surface area contributed by atoms with Gasteiger partial charge in [0.25, 0.3) is 0 Å². The molecule has 7 nitrogen and oxygen atoms in total. The molecule has 5 atom stereocenters. The minimum absolute atomic E-state index is 0.107. The van der Waals surface area contributed by atoms with E-state index in [0.29, 0.717) is 0 Å². The third kappa shape index (κ3) is 5.06. The van der Waals surface area contributed by atoms with E-state index in [2.05, 4.69) is 0 Å². The van der Waals surface area contributed by atoms with Gasteiger partial charge in [0, 0.05) is 6.92 Å². The second kappa shape index (κ2) is 10.4. The molecule has 0 amide bonds. The first-order valence-corrected chi connectivity index (χ1v) is 12.5. The van der Waals surface area contributed by atoms with E-state index < -0.39 is 48.1 Å². The predicted molar refractivity (Wildman–Crippen MR) is 135 cm³/mol. The lowest BCUT2D eigenvalue weighted by Crippen LogP contribution is -2.46. The molecule has 1 N–H and O–H groups in total. The summed E-state index contributed by atoms with van der Waals surface area (Å²) in [4.78, 5) is 11.9. The zero-order valence-electron chi connectivity index (χ0n) is 21.2. The first-order chi connectivity index (χ1) is 17.8. The Bertz CT molecular complexity index is 1090. The Balaban J connectivity index is 1.48. The van der Waals surface area contributed by atoms with Gasteiger partial charge in [-0.15, -0.1) is 0 Å². The number of fused-ring (bicyclic) bond motifs is 1. The van der Waals surface area contributed by atoms with Crippen molar-refractivity contribution in [3.8, 4) is 0 Å². The average Bonchev–Trinajstić information content (AvgIpc) is 3.38. The summed E-state index contributed by atoms with van der Waals surface area (Å²) in [5.41, 5.74) is 1.72. The van der Waals surface area contributed by atoms with Crippen LogP contribution in [0, 0.1) is 0 Å². The number of hydrogen-bond acceptors (Lipinski definition) is 7. The molecule has 5 rings (SSSR count). The van der Waals surface area contributed by atoms with Gasteiger partial charge in [-0.05, 0) is 30.5 Å². The van der Waals surface area contributed by atoms with Gasteiger partial charge in [-0.25, -0.2) is 0 Å². The summed E-state index contributed by atoms with van der Waals surface area (Å²) < 4.78 is 30.1. The topological polar surface area (TPSA) is 83.5 Å². The zero-order chi connectivity index (χ0) is 26.0. The minimum Gasteiger partial charge on any atom is -0.457 e. The van der Waals surface area contributed by atoms with Crippen molar-refractivity contribution in [3.05, 3.63) is 108 Å². The van der Waals surface area contributed by atoms with Gasteiger partial charge in [0.2, 0.25) is 0 Å². The maximum Gasteiger partial charge on any atom is 0.303 e. The molecule has 0 spiro atoms. The van der Waals surface area contributed by atoms with Crippen molar-refractivity contribution in [2.45, 2.75) is 62.9 Å².